The van der Waals surface area contributed by atoms with Crippen LogP contribution in [0.1, 0.15) is 124 Å². The molecule has 0 aromatic carbocycles. The highest BCUT2D eigenvalue weighted by atomic mass is 16.7. The summed E-state index contributed by atoms with van der Waals surface area (Å²) >= 11 is 0. The molecule has 204 valence electrons. The van der Waals surface area contributed by atoms with Crippen molar-refractivity contribution in [2.45, 2.75) is 136 Å². The van der Waals surface area contributed by atoms with Crippen molar-refractivity contribution in [2.75, 3.05) is 39.6 Å². The molecule has 0 fully saturated rings. The van der Waals surface area contributed by atoms with Gasteiger partial charge in [0.15, 0.2) is 12.1 Å². The van der Waals surface area contributed by atoms with Crippen LogP contribution in [0, 0.1) is 0 Å². The van der Waals surface area contributed by atoms with E-state index in [1.54, 1.807) is 6.92 Å². The number of rotatable bonds is 28. The van der Waals surface area contributed by atoms with E-state index in [0.717, 1.165) is 19.3 Å². The van der Waals surface area contributed by atoms with Crippen LogP contribution in [0.4, 0.5) is 0 Å². The topological polar surface area (TPSA) is 74.2 Å². The van der Waals surface area contributed by atoms with E-state index in [1.807, 2.05) is 6.92 Å². The molecule has 34 heavy (non-hydrogen) atoms. The fraction of sp³-hybridized carbons (Fsp3) is 0.964. The second kappa shape index (κ2) is 27.1. The Hall–Kier alpha value is -0.530. The molecule has 0 aromatic rings. The number of aliphatic hydroxyl groups is 1. The molecular weight excluding hydrogens is 432 g/mol. The fourth-order valence-electron chi connectivity index (χ4n) is 3.92. The van der Waals surface area contributed by atoms with Gasteiger partial charge < -0.3 is 24.1 Å². The summed E-state index contributed by atoms with van der Waals surface area (Å²) in [6.07, 6.45) is 20.0. The Balaban J connectivity index is 3.83. The van der Waals surface area contributed by atoms with Gasteiger partial charge in [0, 0.05) is 0 Å². The number of hydrogen-bond acceptors (Lipinski definition) is 6. The maximum atomic E-state index is 11.3. The summed E-state index contributed by atoms with van der Waals surface area (Å²) in [5.74, 6) is 0.0373. The summed E-state index contributed by atoms with van der Waals surface area (Å²) in [4.78, 5) is 11.3. The fourth-order valence-corrected chi connectivity index (χ4v) is 3.92. The quantitative estimate of drug-likeness (QED) is 0.0986. The first-order chi connectivity index (χ1) is 16.6. The molecule has 0 saturated heterocycles. The summed E-state index contributed by atoms with van der Waals surface area (Å²) in [6, 6.07) is 0. The van der Waals surface area contributed by atoms with E-state index in [2.05, 4.69) is 6.92 Å². The summed E-state index contributed by atoms with van der Waals surface area (Å²) in [6.45, 7) is 7.60. The SMILES string of the molecule is CCCCCCCCCCCCCCCCC(COC(CC)OCCOCCO)OCC(C)=O. The van der Waals surface area contributed by atoms with Gasteiger partial charge >= 0.3 is 0 Å². The number of hydrogen-bond donors (Lipinski definition) is 1. The van der Waals surface area contributed by atoms with Crippen LogP contribution >= 0.6 is 0 Å². The highest BCUT2D eigenvalue weighted by molar-refractivity contribution is 5.76. The largest absolute Gasteiger partial charge is 0.394 e. The lowest BCUT2D eigenvalue weighted by atomic mass is 10.0. The predicted molar refractivity (Wildman–Crippen MR) is 139 cm³/mol. The molecule has 0 aliphatic carbocycles. The van der Waals surface area contributed by atoms with Gasteiger partial charge in [0.1, 0.15) is 6.61 Å². The van der Waals surface area contributed by atoms with E-state index in [0.29, 0.717) is 26.4 Å². The van der Waals surface area contributed by atoms with Crippen molar-refractivity contribution in [3.05, 3.63) is 0 Å². The molecular formula is C28H56O6. The van der Waals surface area contributed by atoms with Crippen LogP contribution in [0.5, 0.6) is 0 Å². The Labute approximate surface area is 210 Å². The third-order valence-electron chi connectivity index (χ3n) is 5.97. The van der Waals surface area contributed by atoms with E-state index < -0.39 is 0 Å². The zero-order valence-electron chi connectivity index (χ0n) is 22.7. The summed E-state index contributed by atoms with van der Waals surface area (Å²) in [5.41, 5.74) is 0. The van der Waals surface area contributed by atoms with Gasteiger partial charge in [-0.2, -0.15) is 0 Å². The lowest BCUT2D eigenvalue weighted by molar-refractivity contribution is -0.171. The highest BCUT2D eigenvalue weighted by Crippen LogP contribution is 2.15. The minimum Gasteiger partial charge on any atom is -0.394 e. The first-order valence-electron chi connectivity index (χ1n) is 14.2. The average molecular weight is 489 g/mol. The molecule has 0 heterocycles. The van der Waals surface area contributed by atoms with Crippen molar-refractivity contribution < 1.29 is 28.8 Å². The van der Waals surface area contributed by atoms with Crippen LogP contribution in [0.2, 0.25) is 0 Å². The molecule has 0 radical (unpaired) electrons. The second-order valence-electron chi connectivity index (χ2n) is 9.40. The van der Waals surface area contributed by atoms with E-state index in [9.17, 15) is 4.79 Å². The first kappa shape index (κ1) is 33.5. The van der Waals surface area contributed by atoms with Crippen LogP contribution in [0.15, 0.2) is 0 Å². The minimum absolute atomic E-state index is 0.0160. The third-order valence-corrected chi connectivity index (χ3v) is 5.97. The van der Waals surface area contributed by atoms with Gasteiger partial charge in [-0.05, 0) is 19.8 Å². The number of ether oxygens (including phenoxy) is 4. The van der Waals surface area contributed by atoms with Gasteiger partial charge in [-0.3, -0.25) is 4.79 Å². The maximum Gasteiger partial charge on any atom is 0.157 e. The first-order valence-corrected chi connectivity index (χ1v) is 14.2. The maximum absolute atomic E-state index is 11.3. The standard InChI is InChI=1S/C28H56O6/c1-4-6-7-8-9-10-11-12-13-14-15-16-17-18-19-27(33-24-26(3)30)25-34-28(5-2)32-23-22-31-21-20-29/h27-29H,4-25H2,1-3H3. The van der Waals surface area contributed by atoms with Crippen LogP contribution in [-0.2, 0) is 23.7 Å². The smallest absolute Gasteiger partial charge is 0.157 e. The monoisotopic (exact) mass is 488 g/mol. The Kier molecular flexibility index (Phi) is 26.6. The summed E-state index contributed by atoms with van der Waals surface area (Å²) < 4.78 is 22.6. The molecule has 1 N–H and O–H groups in total. The summed E-state index contributed by atoms with van der Waals surface area (Å²) in [5, 5.41) is 8.73. The minimum atomic E-state index is -0.308. The van der Waals surface area contributed by atoms with Gasteiger partial charge in [-0.15, -0.1) is 0 Å². The van der Waals surface area contributed by atoms with Crippen molar-refractivity contribution in [3.63, 3.8) is 0 Å². The Morgan fingerprint density at radius 3 is 1.76 bits per heavy atom. The van der Waals surface area contributed by atoms with E-state index in [1.165, 1.54) is 83.5 Å². The zero-order valence-corrected chi connectivity index (χ0v) is 22.7. The second-order valence-corrected chi connectivity index (χ2v) is 9.40. The normalized spacial score (nSPS) is 13.3. The van der Waals surface area contributed by atoms with E-state index in [-0.39, 0.29) is 31.4 Å². The molecule has 6 heteroatoms. The van der Waals surface area contributed by atoms with Gasteiger partial charge in [0.05, 0.1) is 39.1 Å². The lowest BCUT2D eigenvalue weighted by Gasteiger charge is -2.22. The molecule has 2 unspecified atom stereocenters. The molecule has 0 aromatic heterocycles. The Morgan fingerprint density at radius 2 is 1.26 bits per heavy atom. The van der Waals surface area contributed by atoms with E-state index >= 15 is 0 Å². The average Bonchev–Trinajstić information content (AvgIpc) is 2.83. The van der Waals surface area contributed by atoms with Gasteiger partial charge in [0.2, 0.25) is 0 Å². The number of aliphatic hydroxyl groups excluding tert-OH is 1. The Morgan fingerprint density at radius 1 is 0.706 bits per heavy atom. The van der Waals surface area contributed by atoms with Crippen LogP contribution in [0.3, 0.4) is 0 Å². The molecule has 0 bridgehead atoms. The van der Waals surface area contributed by atoms with Crippen molar-refractivity contribution in [3.8, 4) is 0 Å². The van der Waals surface area contributed by atoms with Crippen LogP contribution < -0.4 is 0 Å². The molecule has 0 saturated carbocycles. The number of Topliss-reactive ketones (excluding diaryl/α,β-unsaturated/α-hetero) is 1. The number of carbonyl (C=O) groups is 1. The molecule has 0 aliphatic rings. The number of ketones is 1. The van der Waals surface area contributed by atoms with Crippen molar-refractivity contribution in [1.29, 1.82) is 0 Å². The van der Waals surface area contributed by atoms with Crippen molar-refractivity contribution in [2.24, 2.45) is 0 Å². The third kappa shape index (κ3) is 24.6. The summed E-state index contributed by atoms with van der Waals surface area (Å²) in [7, 11) is 0. The van der Waals surface area contributed by atoms with Crippen molar-refractivity contribution >= 4 is 5.78 Å². The molecule has 0 rings (SSSR count). The highest BCUT2D eigenvalue weighted by Gasteiger charge is 2.14. The molecule has 6 nitrogen and oxygen atoms in total. The van der Waals surface area contributed by atoms with Gasteiger partial charge in [-0.25, -0.2) is 0 Å². The zero-order chi connectivity index (χ0) is 25.1. The van der Waals surface area contributed by atoms with Gasteiger partial charge in [-0.1, -0.05) is 104 Å². The van der Waals surface area contributed by atoms with Crippen LogP contribution in [-0.4, -0.2) is 62.9 Å². The van der Waals surface area contributed by atoms with E-state index in [4.69, 9.17) is 24.1 Å². The number of unbranched alkanes of at least 4 members (excludes halogenated alkanes) is 13. The predicted octanol–water partition coefficient (Wildman–Crippen LogP) is 6.61. The van der Waals surface area contributed by atoms with Crippen LogP contribution in [0.25, 0.3) is 0 Å². The lowest BCUT2D eigenvalue weighted by Crippen LogP contribution is -2.28. The van der Waals surface area contributed by atoms with Crippen molar-refractivity contribution in [1.82, 2.24) is 0 Å². The number of carbonyl (C=O) groups excluding carboxylic acids is 1. The molecule has 0 spiro atoms. The molecule has 0 aliphatic heterocycles. The molecule has 0 amide bonds. The Bertz CT molecular complexity index is 418. The molecule has 2 atom stereocenters. The van der Waals surface area contributed by atoms with Gasteiger partial charge in [0.25, 0.3) is 0 Å².